The summed E-state index contributed by atoms with van der Waals surface area (Å²) in [5, 5.41) is 6.70. The Bertz CT molecular complexity index is 334. The number of hydrogen-bond donors (Lipinski definition) is 2. The number of aliphatic imine (C=N–C) groups is 1. The van der Waals surface area contributed by atoms with Gasteiger partial charge in [0.1, 0.15) is 0 Å². The minimum atomic E-state index is -0.183. The molecule has 130 valence electrons. The fourth-order valence-electron chi connectivity index (χ4n) is 3.07. The van der Waals surface area contributed by atoms with Gasteiger partial charge < -0.3 is 20.3 Å². The van der Waals surface area contributed by atoms with Crippen LogP contribution in [0, 0.1) is 11.8 Å². The molecule has 0 radical (unpaired) electrons. The second kappa shape index (κ2) is 9.36. The molecule has 0 saturated carbocycles. The average molecular weight is 313 g/mol. The van der Waals surface area contributed by atoms with E-state index in [2.05, 4.69) is 48.2 Å². The lowest BCUT2D eigenvalue weighted by atomic mass is 9.92. The summed E-state index contributed by atoms with van der Waals surface area (Å²) in [6.45, 7) is 14.2. The van der Waals surface area contributed by atoms with Gasteiger partial charge in [0.15, 0.2) is 5.96 Å². The fraction of sp³-hybridized carbons (Fsp3) is 0.941. The van der Waals surface area contributed by atoms with Gasteiger partial charge in [0.25, 0.3) is 0 Å². The third-order valence-electron chi connectivity index (χ3n) is 4.35. The van der Waals surface area contributed by atoms with E-state index in [1.54, 1.807) is 7.11 Å². The van der Waals surface area contributed by atoms with Crippen molar-refractivity contribution in [2.75, 3.05) is 46.9 Å². The highest BCUT2D eigenvalue weighted by molar-refractivity contribution is 5.79. The number of methoxy groups -OCH3 is 1. The van der Waals surface area contributed by atoms with Crippen molar-refractivity contribution >= 4 is 5.96 Å². The normalized spacial score (nSPS) is 24.4. The molecule has 0 bridgehead atoms. The molecule has 1 fully saturated rings. The molecule has 1 rings (SSSR count). The van der Waals surface area contributed by atoms with Gasteiger partial charge in [-0.1, -0.05) is 13.8 Å². The minimum Gasteiger partial charge on any atom is -0.377 e. The molecular weight excluding hydrogens is 276 g/mol. The lowest BCUT2D eigenvalue weighted by Crippen LogP contribution is -2.46. The summed E-state index contributed by atoms with van der Waals surface area (Å²) in [5.41, 5.74) is -0.183. The summed E-state index contributed by atoms with van der Waals surface area (Å²) in [6.07, 6.45) is 2.52. The van der Waals surface area contributed by atoms with E-state index >= 15 is 0 Å². The number of piperidine rings is 1. The summed E-state index contributed by atoms with van der Waals surface area (Å²) < 4.78 is 5.41. The van der Waals surface area contributed by atoms with Crippen molar-refractivity contribution in [2.24, 2.45) is 16.8 Å². The zero-order valence-corrected chi connectivity index (χ0v) is 15.4. The fourth-order valence-corrected chi connectivity index (χ4v) is 3.07. The molecule has 2 N–H and O–H groups in total. The molecule has 1 aliphatic rings. The van der Waals surface area contributed by atoms with Crippen LogP contribution in [0.1, 0.15) is 40.5 Å². The number of ether oxygens (including phenoxy) is 1. The number of guanidine groups is 1. The standard InChI is InChI=1S/C17H36N4O/c1-14-10-15(2)12-21(11-14)9-7-8-19-16(18-5)20-13-17(3,4)22-6/h14-15H,7-13H2,1-6H3,(H2,18,19,20). The predicted octanol–water partition coefficient (Wildman–Crippen LogP) is 1.94. The first-order valence-corrected chi connectivity index (χ1v) is 8.58. The topological polar surface area (TPSA) is 48.9 Å². The third kappa shape index (κ3) is 7.45. The molecule has 2 atom stereocenters. The number of nitrogens with one attached hydrogen (secondary N) is 2. The van der Waals surface area contributed by atoms with Crippen LogP contribution < -0.4 is 10.6 Å². The van der Waals surface area contributed by atoms with Crippen LogP contribution in [0.15, 0.2) is 4.99 Å². The second-order valence-corrected chi connectivity index (χ2v) is 7.38. The maximum atomic E-state index is 5.41. The van der Waals surface area contributed by atoms with Gasteiger partial charge in [0.05, 0.1) is 5.60 Å². The largest absolute Gasteiger partial charge is 0.377 e. The predicted molar refractivity (Wildman–Crippen MR) is 94.5 cm³/mol. The molecule has 1 heterocycles. The molecule has 22 heavy (non-hydrogen) atoms. The molecule has 1 saturated heterocycles. The number of likely N-dealkylation sites (tertiary alicyclic amines) is 1. The molecule has 5 heteroatoms. The zero-order chi connectivity index (χ0) is 16.6. The Morgan fingerprint density at radius 1 is 1.23 bits per heavy atom. The molecule has 0 aromatic heterocycles. The van der Waals surface area contributed by atoms with Gasteiger partial charge in [-0.25, -0.2) is 0 Å². The monoisotopic (exact) mass is 312 g/mol. The first-order valence-electron chi connectivity index (χ1n) is 8.58. The third-order valence-corrected chi connectivity index (χ3v) is 4.35. The first-order chi connectivity index (χ1) is 10.4. The van der Waals surface area contributed by atoms with E-state index < -0.39 is 0 Å². The van der Waals surface area contributed by atoms with Gasteiger partial charge in [-0.3, -0.25) is 4.99 Å². The summed E-state index contributed by atoms with van der Waals surface area (Å²) in [7, 11) is 3.54. The Kier molecular flexibility index (Phi) is 8.18. The van der Waals surface area contributed by atoms with Crippen molar-refractivity contribution in [2.45, 2.75) is 46.1 Å². The second-order valence-electron chi connectivity index (χ2n) is 7.38. The van der Waals surface area contributed by atoms with Crippen LogP contribution in [0.4, 0.5) is 0 Å². The highest BCUT2D eigenvalue weighted by Gasteiger charge is 2.21. The first kappa shape index (κ1) is 19.2. The van der Waals surface area contributed by atoms with Crippen LogP contribution in [0.3, 0.4) is 0 Å². The van der Waals surface area contributed by atoms with E-state index in [0.717, 1.165) is 37.3 Å². The zero-order valence-electron chi connectivity index (χ0n) is 15.4. The lowest BCUT2D eigenvalue weighted by molar-refractivity contribution is 0.0268. The molecule has 0 aromatic carbocycles. The van der Waals surface area contributed by atoms with Crippen LogP contribution in [-0.2, 0) is 4.74 Å². The van der Waals surface area contributed by atoms with E-state index in [1.165, 1.54) is 26.1 Å². The molecule has 2 unspecified atom stereocenters. The number of rotatable bonds is 7. The van der Waals surface area contributed by atoms with Gasteiger partial charge in [0, 0.05) is 40.3 Å². The average Bonchev–Trinajstić information content (AvgIpc) is 2.45. The lowest BCUT2D eigenvalue weighted by Gasteiger charge is -2.35. The molecule has 0 aromatic rings. The van der Waals surface area contributed by atoms with Crippen LogP contribution in [0.25, 0.3) is 0 Å². The van der Waals surface area contributed by atoms with Crippen molar-refractivity contribution < 1.29 is 4.74 Å². The van der Waals surface area contributed by atoms with Gasteiger partial charge in [0.2, 0.25) is 0 Å². The highest BCUT2D eigenvalue weighted by Crippen LogP contribution is 2.20. The summed E-state index contributed by atoms with van der Waals surface area (Å²) in [5.74, 6) is 2.52. The van der Waals surface area contributed by atoms with E-state index in [0.29, 0.717) is 0 Å². The Morgan fingerprint density at radius 2 is 1.86 bits per heavy atom. The number of nitrogens with zero attached hydrogens (tertiary/aromatic N) is 2. The van der Waals surface area contributed by atoms with Crippen LogP contribution in [-0.4, -0.2) is 63.3 Å². The maximum absolute atomic E-state index is 5.41. The van der Waals surface area contributed by atoms with Crippen molar-refractivity contribution in [3.8, 4) is 0 Å². The van der Waals surface area contributed by atoms with Gasteiger partial charge in [-0.05, 0) is 45.1 Å². The summed E-state index contributed by atoms with van der Waals surface area (Å²) in [4.78, 5) is 6.86. The van der Waals surface area contributed by atoms with E-state index in [-0.39, 0.29) is 5.60 Å². The Morgan fingerprint density at radius 3 is 2.41 bits per heavy atom. The van der Waals surface area contributed by atoms with E-state index in [4.69, 9.17) is 4.74 Å². The number of hydrogen-bond acceptors (Lipinski definition) is 3. The van der Waals surface area contributed by atoms with Crippen LogP contribution >= 0.6 is 0 Å². The molecule has 0 spiro atoms. The van der Waals surface area contributed by atoms with Gasteiger partial charge in [-0.15, -0.1) is 0 Å². The quantitative estimate of drug-likeness (QED) is 0.428. The van der Waals surface area contributed by atoms with Crippen molar-refractivity contribution in [3.63, 3.8) is 0 Å². The van der Waals surface area contributed by atoms with E-state index in [1.807, 2.05) is 7.05 Å². The molecule has 0 amide bonds. The Labute approximate surface area is 136 Å². The SMILES string of the molecule is CN=C(NCCCN1CC(C)CC(C)C1)NCC(C)(C)OC. The minimum absolute atomic E-state index is 0.183. The summed E-state index contributed by atoms with van der Waals surface area (Å²) >= 11 is 0. The van der Waals surface area contributed by atoms with E-state index in [9.17, 15) is 0 Å². The maximum Gasteiger partial charge on any atom is 0.191 e. The summed E-state index contributed by atoms with van der Waals surface area (Å²) in [6, 6.07) is 0. The smallest absolute Gasteiger partial charge is 0.191 e. The molecule has 5 nitrogen and oxygen atoms in total. The Hall–Kier alpha value is -0.810. The highest BCUT2D eigenvalue weighted by atomic mass is 16.5. The molecule has 1 aliphatic heterocycles. The van der Waals surface area contributed by atoms with Crippen molar-refractivity contribution in [1.29, 1.82) is 0 Å². The molecular formula is C17H36N4O. The van der Waals surface area contributed by atoms with Gasteiger partial charge in [-0.2, -0.15) is 0 Å². The van der Waals surface area contributed by atoms with Crippen LogP contribution in [0.5, 0.6) is 0 Å². The van der Waals surface area contributed by atoms with Crippen molar-refractivity contribution in [1.82, 2.24) is 15.5 Å². The molecule has 0 aliphatic carbocycles. The Balaban J connectivity index is 2.19. The van der Waals surface area contributed by atoms with Crippen LogP contribution in [0.2, 0.25) is 0 Å². The van der Waals surface area contributed by atoms with Crippen molar-refractivity contribution in [3.05, 3.63) is 0 Å². The van der Waals surface area contributed by atoms with Gasteiger partial charge >= 0.3 is 0 Å².